The summed E-state index contributed by atoms with van der Waals surface area (Å²) in [5.74, 6) is -0.290. The lowest BCUT2D eigenvalue weighted by molar-refractivity contribution is 0.621. The van der Waals surface area contributed by atoms with Gasteiger partial charge in [-0.05, 0) is 51.8 Å². The summed E-state index contributed by atoms with van der Waals surface area (Å²) in [6.45, 7) is 0.595. The van der Waals surface area contributed by atoms with Crippen LogP contribution in [0.1, 0.15) is 5.56 Å². The Labute approximate surface area is 122 Å². The molecule has 100 valence electrons. The minimum Gasteiger partial charge on any atom is -0.381 e. The average Bonchev–Trinajstić information content (AvgIpc) is 2.40. The van der Waals surface area contributed by atoms with Gasteiger partial charge in [0.15, 0.2) is 0 Å². The summed E-state index contributed by atoms with van der Waals surface area (Å²) in [5, 5.41) is 3.14. The van der Waals surface area contributed by atoms with E-state index in [1.807, 2.05) is 30.3 Å². The fraction of sp³-hybridized carbons (Fsp3) is 0.143. The highest BCUT2D eigenvalue weighted by molar-refractivity contribution is 9.10. The highest BCUT2D eigenvalue weighted by Gasteiger charge is 2.01. The van der Waals surface area contributed by atoms with Gasteiger partial charge in [-0.25, -0.2) is 4.39 Å². The highest BCUT2D eigenvalue weighted by atomic mass is 79.9. The van der Waals surface area contributed by atoms with Crippen LogP contribution in [0.3, 0.4) is 0 Å². The van der Waals surface area contributed by atoms with Crippen molar-refractivity contribution in [2.45, 2.75) is 11.4 Å². The maximum absolute atomic E-state index is 13.3. The molecular weight excluding hydrogens is 329 g/mol. The number of benzene rings is 2. The standard InChI is InChI=1S/C14H13BrFNOS/c1-19(18)12-5-2-10(3-6-12)9-17-11-4-7-13(15)14(16)8-11/h2-8,17H,9H2,1H3/t19-/m0/s1. The minimum absolute atomic E-state index is 0.290. The smallest absolute Gasteiger partial charge is 0.139 e. The van der Waals surface area contributed by atoms with Gasteiger partial charge in [0.2, 0.25) is 0 Å². The van der Waals surface area contributed by atoms with Gasteiger partial charge in [-0.3, -0.25) is 4.21 Å². The van der Waals surface area contributed by atoms with Crippen molar-refractivity contribution in [2.75, 3.05) is 11.6 Å². The predicted molar refractivity (Wildman–Crippen MR) is 80.2 cm³/mol. The molecule has 0 fully saturated rings. The average molecular weight is 342 g/mol. The minimum atomic E-state index is -0.958. The maximum atomic E-state index is 13.3. The first-order chi connectivity index (χ1) is 9.06. The van der Waals surface area contributed by atoms with Crippen LogP contribution in [0.15, 0.2) is 51.8 Å². The number of rotatable bonds is 4. The van der Waals surface area contributed by atoms with Gasteiger partial charge in [-0.15, -0.1) is 0 Å². The first kappa shape index (κ1) is 14.2. The molecular formula is C14H13BrFNOS. The third-order valence-corrected chi connectivity index (χ3v) is 4.25. The second-order valence-corrected chi connectivity index (χ2v) is 6.31. The molecule has 2 nitrogen and oxygen atoms in total. The molecule has 0 aliphatic heterocycles. The lowest BCUT2D eigenvalue weighted by Crippen LogP contribution is -2.00. The summed E-state index contributed by atoms with van der Waals surface area (Å²) in [5.41, 5.74) is 1.78. The van der Waals surface area contributed by atoms with Crippen molar-refractivity contribution >= 4 is 32.4 Å². The van der Waals surface area contributed by atoms with E-state index in [-0.39, 0.29) is 5.82 Å². The Morgan fingerprint density at radius 1 is 1.21 bits per heavy atom. The largest absolute Gasteiger partial charge is 0.381 e. The fourth-order valence-corrected chi connectivity index (χ4v) is 2.38. The number of hydrogen-bond donors (Lipinski definition) is 1. The van der Waals surface area contributed by atoms with Crippen molar-refractivity contribution in [1.29, 1.82) is 0 Å². The zero-order chi connectivity index (χ0) is 13.8. The van der Waals surface area contributed by atoms with E-state index in [9.17, 15) is 8.60 Å². The zero-order valence-electron chi connectivity index (χ0n) is 10.3. The molecule has 0 bridgehead atoms. The summed E-state index contributed by atoms with van der Waals surface area (Å²) in [4.78, 5) is 0.804. The molecule has 19 heavy (non-hydrogen) atoms. The Morgan fingerprint density at radius 2 is 1.89 bits per heavy atom. The molecule has 1 atom stereocenters. The van der Waals surface area contributed by atoms with Gasteiger partial charge in [-0.1, -0.05) is 12.1 Å². The molecule has 1 N–H and O–H groups in total. The first-order valence-electron chi connectivity index (χ1n) is 5.67. The molecule has 0 saturated carbocycles. The number of halogens is 2. The summed E-state index contributed by atoms with van der Waals surface area (Å²) in [7, 11) is -0.958. The summed E-state index contributed by atoms with van der Waals surface area (Å²) >= 11 is 3.12. The van der Waals surface area contributed by atoms with Crippen LogP contribution in [0.25, 0.3) is 0 Å². The van der Waals surface area contributed by atoms with Crippen LogP contribution < -0.4 is 5.32 Å². The van der Waals surface area contributed by atoms with E-state index < -0.39 is 10.8 Å². The van der Waals surface area contributed by atoms with E-state index in [2.05, 4.69) is 21.2 Å². The zero-order valence-corrected chi connectivity index (χ0v) is 12.7. The molecule has 5 heteroatoms. The second kappa shape index (κ2) is 6.30. The summed E-state index contributed by atoms with van der Waals surface area (Å²) in [6, 6.07) is 12.4. The van der Waals surface area contributed by atoms with E-state index in [1.54, 1.807) is 12.3 Å². The molecule has 2 aromatic rings. The van der Waals surface area contributed by atoms with Crippen molar-refractivity contribution in [1.82, 2.24) is 0 Å². The maximum Gasteiger partial charge on any atom is 0.139 e. The van der Waals surface area contributed by atoms with Crippen molar-refractivity contribution in [3.63, 3.8) is 0 Å². The monoisotopic (exact) mass is 341 g/mol. The van der Waals surface area contributed by atoms with Crippen LogP contribution in [-0.4, -0.2) is 10.5 Å². The van der Waals surface area contributed by atoms with Crippen molar-refractivity contribution in [2.24, 2.45) is 0 Å². The second-order valence-electron chi connectivity index (χ2n) is 4.08. The molecule has 0 radical (unpaired) electrons. The molecule has 0 aromatic heterocycles. The molecule has 0 heterocycles. The molecule has 0 unspecified atom stereocenters. The van der Waals surface area contributed by atoms with Gasteiger partial charge in [-0.2, -0.15) is 0 Å². The Hall–Kier alpha value is -1.20. The molecule has 0 aliphatic rings. The van der Waals surface area contributed by atoms with Crippen LogP contribution in [-0.2, 0) is 17.3 Å². The lowest BCUT2D eigenvalue weighted by Gasteiger charge is -2.07. The van der Waals surface area contributed by atoms with Crippen LogP contribution in [0.2, 0.25) is 0 Å². The Kier molecular flexibility index (Phi) is 4.71. The predicted octanol–water partition coefficient (Wildman–Crippen LogP) is 3.94. The number of anilines is 1. The van der Waals surface area contributed by atoms with Crippen LogP contribution in [0, 0.1) is 5.82 Å². The van der Waals surface area contributed by atoms with E-state index in [4.69, 9.17) is 0 Å². The SMILES string of the molecule is C[S@](=O)c1ccc(CNc2ccc(Br)c(F)c2)cc1. The molecule has 0 amide bonds. The van der Waals surface area contributed by atoms with Crippen LogP contribution in [0.4, 0.5) is 10.1 Å². The van der Waals surface area contributed by atoms with Gasteiger partial charge in [0.25, 0.3) is 0 Å². The molecule has 0 saturated heterocycles. The van der Waals surface area contributed by atoms with Crippen molar-refractivity contribution in [3.05, 3.63) is 58.3 Å². The van der Waals surface area contributed by atoms with Crippen molar-refractivity contribution in [3.8, 4) is 0 Å². The van der Waals surface area contributed by atoms with Gasteiger partial charge in [0.05, 0.1) is 4.47 Å². The fourth-order valence-electron chi connectivity index (χ4n) is 1.61. The highest BCUT2D eigenvalue weighted by Crippen LogP contribution is 2.20. The van der Waals surface area contributed by atoms with E-state index in [0.717, 1.165) is 16.1 Å². The van der Waals surface area contributed by atoms with E-state index >= 15 is 0 Å². The van der Waals surface area contributed by atoms with Gasteiger partial charge < -0.3 is 5.32 Å². The third kappa shape index (κ3) is 3.88. The van der Waals surface area contributed by atoms with Gasteiger partial charge >= 0.3 is 0 Å². The number of nitrogens with one attached hydrogen (secondary N) is 1. The number of hydrogen-bond acceptors (Lipinski definition) is 2. The van der Waals surface area contributed by atoms with Crippen LogP contribution >= 0.6 is 15.9 Å². The topological polar surface area (TPSA) is 29.1 Å². The van der Waals surface area contributed by atoms with E-state index in [0.29, 0.717) is 11.0 Å². The molecule has 2 rings (SSSR count). The third-order valence-electron chi connectivity index (χ3n) is 2.67. The van der Waals surface area contributed by atoms with Crippen LogP contribution in [0.5, 0.6) is 0 Å². The Morgan fingerprint density at radius 3 is 2.47 bits per heavy atom. The molecule has 0 spiro atoms. The summed E-state index contributed by atoms with van der Waals surface area (Å²) < 4.78 is 25.0. The Bertz CT molecular complexity index is 601. The molecule has 2 aromatic carbocycles. The van der Waals surface area contributed by atoms with Gasteiger partial charge in [0, 0.05) is 34.2 Å². The molecule has 0 aliphatic carbocycles. The van der Waals surface area contributed by atoms with Gasteiger partial charge in [0.1, 0.15) is 5.82 Å². The van der Waals surface area contributed by atoms with E-state index in [1.165, 1.54) is 6.07 Å². The first-order valence-corrected chi connectivity index (χ1v) is 8.02. The quantitative estimate of drug-likeness (QED) is 0.912. The summed E-state index contributed by atoms with van der Waals surface area (Å²) in [6.07, 6.45) is 1.65. The normalized spacial score (nSPS) is 12.2. The lowest BCUT2D eigenvalue weighted by atomic mass is 10.2. The Balaban J connectivity index is 2.01. The van der Waals surface area contributed by atoms with Crippen molar-refractivity contribution < 1.29 is 8.60 Å².